The van der Waals surface area contributed by atoms with Crippen molar-refractivity contribution in [3.63, 3.8) is 0 Å². The standard InChI is InChI=1S/C17H13NO2/c19-17(20)16(13-8-10-18-11-9-13)15-7-3-5-12-4-1-2-6-14(12)15/h1-11,16H,(H,19,20). The topological polar surface area (TPSA) is 50.2 Å². The van der Waals surface area contributed by atoms with Crippen LogP contribution in [0.25, 0.3) is 10.8 Å². The smallest absolute Gasteiger partial charge is 0.315 e. The molecule has 2 aromatic carbocycles. The summed E-state index contributed by atoms with van der Waals surface area (Å²) in [4.78, 5) is 15.7. The third-order valence-corrected chi connectivity index (χ3v) is 3.42. The maximum absolute atomic E-state index is 11.7. The fourth-order valence-corrected chi connectivity index (χ4v) is 2.51. The molecule has 1 atom stereocenters. The number of carbonyl (C=O) groups is 1. The minimum absolute atomic E-state index is 0.677. The highest BCUT2D eigenvalue weighted by molar-refractivity contribution is 5.92. The molecule has 0 saturated carbocycles. The van der Waals surface area contributed by atoms with Crippen LogP contribution in [0.3, 0.4) is 0 Å². The first-order valence-corrected chi connectivity index (χ1v) is 6.38. The van der Waals surface area contributed by atoms with E-state index in [1.54, 1.807) is 24.5 Å². The molecule has 0 amide bonds. The first kappa shape index (κ1) is 12.4. The van der Waals surface area contributed by atoms with Crippen LogP contribution < -0.4 is 0 Å². The van der Waals surface area contributed by atoms with Crippen LogP contribution in [0.4, 0.5) is 0 Å². The lowest BCUT2D eigenvalue weighted by molar-refractivity contribution is -0.137. The first-order chi connectivity index (χ1) is 9.77. The van der Waals surface area contributed by atoms with Crippen LogP contribution in [-0.2, 0) is 4.79 Å². The molecule has 0 aliphatic heterocycles. The predicted octanol–water partition coefficient (Wildman–Crippen LogP) is 3.45. The summed E-state index contributed by atoms with van der Waals surface area (Å²) in [6.45, 7) is 0. The van der Waals surface area contributed by atoms with Crippen LogP contribution >= 0.6 is 0 Å². The second kappa shape index (κ2) is 5.13. The van der Waals surface area contributed by atoms with Gasteiger partial charge in [0.15, 0.2) is 0 Å². The first-order valence-electron chi connectivity index (χ1n) is 6.38. The molecule has 0 fully saturated rings. The van der Waals surface area contributed by atoms with E-state index in [9.17, 15) is 9.90 Å². The lowest BCUT2D eigenvalue weighted by Gasteiger charge is -2.15. The minimum Gasteiger partial charge on any atom is -0.481 e. The summed E-state index contributed by atoms with van der Waals surface area (Å²) >= 11 is 0. The number of aliphatic carboxylic acids is 1. The van der Waals surface area contributed by atoms with Crippen LogP contribution in [0.2, 0.25) is 0 Å². The van der Waals surface area contributed by atoms with E-state index in [2.05, 4.69) is 4.98 Å². The van der Waals surface area contributed by atoms with Gasteiger partial charge in [0.2, 0.25) is 0 Å². The molecular formula is C17H13NO2. The molecule has 0 radical (unpaired) electrons. The van der Waals surface area contributed by atoms with Crippen molar-refractivity contribution < 1.29 is 9.90 Å². The van der Waals surface area contributed by atoms with Gasteiger partial charge >= 0.3 is 5.97 Å². The summed E-state index contributed by atoms with van der Waals surface area (Å²) in [6.07, 6.45) is 3.24. The average Bonchev–Trinajstić information content (AvgIpc) is 2.48. The Kier molecular flexibility index (Phi) is 3.17. The third-order valence-electron chi connectivity index (χ3n) is 3.42. The Hall–Kier alpha value is -2.68. The lowest BCUT2D eigenvalue weighted by Crippen LogP contribution is -2.13. The van der Waals surface area contributed by atoms with Crippen molar-refractivity contribution in [3.05, 3.63) is 78.1 Å². The number of benzene rings is 2. The van der Waals surface area contributed by atoms with Crippen LogP contribution in [0.5, 0.6) is 0 Å². The molecule has 1 aromatic heterocycles. The number of aromatic nitrogens is 1. The highest BCUT2D eigenvalue weighted by atomic mass is 16.4. The fraction of sp³-hybridized carbons (Fsp3) is 0.0588. The molecule has 1 N–H and O–H groups in total. The normalized spacial score (nSPS) is 12.2. The molecule has 0 saturated heterocycles. The summed E-state index contributed by atoms with van der Waals surface area (Å²) in [6, 6.07) is 17.1. The zero-order valence-corrected chi connectivity index (χ0v) is 10.7. The van der Waals surface area contributed by atoms with Crippen molar-refractivity contribution in [1.82, 2.24) is 4.98 Å². The van der Waals surface area contributed by atoms with Crippen molar-refractivity contribution in [2.75, 3.05) is 0 Å². The van der Waals surface area contributed by atoms with Crippen LogP contribution in [0.15, 0.2) is 67.0 Å². The Morgan fingerprint density at radius 2 is 1.65 bits per heavy atom. The Morgan fingerprint density at radius 1 is 0.950 bits per heavy atom. The van der Waals surface area contributed by atoms with Gasteiger partial charge in [-0.15, -0.1) is 0 Å². The van der Waals surface area contributed by atoms with Crippen molar-refractivity contribution in [1.29, 1.82) is 0 Å². The van der Waals surface area contributed by atoms with Gasteiger partial charge in [-0.1, -0.05) is 42.5 Å². The van der Waals surface area contributed by atoms with Crippen molar-refractivity contribution in [2.45, 2.75) is 5.92 Å². The maximum atomic E-state index is 11.7. The minimum atomic E-state index is -0.854. The van der Waals surface area contributed by atoms with Crippen molar-refractivity contribution >= 4 is 16.7 Å². The molecule has 3 nitrogen and oxygen atoms in total. The van der Waals surface area contributed by atoms with E-state index in [-0.39, 0.29) is 0 Å². The molecule has 3 aromatic rings. The number of carboxylic acid groups (broad SMARTS) is 1. The van der Waals surface area contributed by atoms with Gasteiger partial charge in [-0.05, 0) is 34.0 Å². The highest BCUT2D eigenvalue weighted by Gasteiger charge is 2.23. The number of rotatable bonds is 3. The van der Waals surface area contributed by atoms with Crippen LogP contribution in [-0.4, -0.2) is 16.1 Å². The second-order valence-electron chi connectivity index (χ2n) is 4.62. The van der Waals surface area contributed by atoms with Crippen molar-refractivity contribution in [2.24, 2.45) is 0 Å². The van der Waals surface area contributed by atoms with Gasteiger partial charge in [0, 0.05) is 12.4 Å². The molecular weight excluding hydrogens is 250 g/mol. The van der Waals surface area contributed by atoms with Gasteiger partial charge < -0.3 is 5.11 Å². The molecule has 1 heterocycles. The van der Waals surface area contributed by atoms with Gasteiger partial charge in [0.1, 0.15) is 5.92 Å². The molecule has 1 unspecified atom stereocenters. The van der Waals surface area contributed by atoms with E-state index in [1.165, 1.54) is 0 Å². The van der Waals surface area contributed by atoms with E-state index in [0.29, 0.717) is 0 Å². The van der Waals surface area contributed by atoms with Gasteiger partial charge in [0.25, 0.3) is 0 Å². The van der Waals surface area contributed by atoms with Gasteiger partial charge in [-0.25, -0.2) is 0 Å². The number of fused-ring (bicyclic) bond motifs is 1. The summed E-state index contributed by atoms with van der Waals surface area (Å²) in [5, 5.41) is 11.6. The average molecular weight is 263 g/mol. The summed E-state index contributed by atoms with van der Waals surface area (Å²) in [5.41, 5.74) is 1.55. The van der Waals surface area contributed by atoms with Crippen LogP contribution in [0, 0.1) is 0 Å². The van der Waals surface area contributed by atoms with E-state index < -0.39 is 11.9 Å². The Morgan fingerprint density at radius 3 is 2.40 bits per heavy atom. The predicted molar refractivity (Wildman–Crippen MR) is 77.7 cm³/mol. The van der Waals surface area contributed by atoms with E-state index in [0.717, 1.165) is 21.9 Å². The molecule has 0 bridgehead atoms. The number of pyridine rings is 1. The van der Waals surface area contributed by atoms with Crippen LogP contribution in [0.1, 0.15) is 17.0 Å². The zero-order valence-electron chi connectivity index (χ0n) is 10.7. The van der Waals surface area contributed by atoms with Gasteiger partial charge in [-0.2, -0.15) is 0 Å². The van der Waals surface area contributed by atoms with E-state index >= 15 is 0 Å². The SMILES string of the molecule is O=C(O)C(c1ccncc1)c1cccc2ccccc12. The fourth-order valence-electron chi connectivity index (χ4n) is 2.51. The second-order valence-corrected chi connectivity index (χ2v) is 4.62. The zero-order chi connectivity index (χ0) is 13.9. The summed E-state index contributed by atoms with van der Waals surface area (Å²) in [7, 11) is 0. The Balaban J connectivity index is 2.23. The third kappa shape index (κ3) is 2.14. The highest BCUT2D eigenvalue weighted by Crippen LogP contribution is 2.30. The van der Waals surface area contributed by atoms with E-state index in [4.69, 9.17) is 0 Å². The monoisotopic (exact) mass is 263 g/mol. The number of hydrogen-bond acceptors (Lipinski definition) is 2. The Bertz CT molecular complexity index is 748. The molecule has 0 aliphatic carbocycles. The molecule has 3 heteroatoms. The summed E-state index contributed by atoms with van der Waals surface area (Å²) in [5.74, 6) is -1.53. The molecule has 20 heavy (non-hydrogen) atoms. The molecule has 0 spiro atoms. The number of hydrogen-bond donors (Lipinski definition) is 1. The van der Waals surface area contributed by atoms with Gasteiger partial charge in [0.05, 0.1) is 0 Å². The summed E-state index contributed by atoms with van der Waals surface area (Å²) < 4.78 is 0. The molecule has 3 rings (SSSR count). The molecule has 0 aliphatic rings. The van der Waals surface area contributed by atoms with Crippen molar-refractivity contribution in [3.8, 4) is 0 Å². The largest absolute Gasteiger partial charge is 0.481 e. The maximum Gasteiger partial charge on any atom is 0.315 e. The quantitative estimate of drug-likeness (QED) is 0.787. The Labute approximate surface area is 116 Å². The van der Waals surface area contributed by atoms with Gasteiger partial charge in [-0.3, -0.25) is 9.78 Å². The lowest BCUT2D eigenvalue weighted by atomic mass is 9.88. The number of nitrogens with zero attached hydrogens (tertiary/aromatic N) is 1. The number of carboxylic acids is 1. The molecule has 98 valence electrons. The van der Waals surface area contributed by atoms with E-state index in [1.807, 2.05) is 42.5 Å².